The zero-order valence-electron chi connectivity index (χ0n) is 17.4. The Kier molecular flexibility index (Phi) is 7.10. The number of amides is 1. The van der Waals surface area contributed by atoms with Crippen molar-refractivity contribution in [3.8, 4) is 0 Å². The highest BCUT2D eigenvalue weighted by Crippen LogP contribution is 2.32. The van der Waals surface area contributed by atoms with Crippen LogP contribution >= 0.6 is 11.8 Å². The van der Waals surface area contributed by atoms with E-state index < -0.39 is 23.4 Å². The second kappa shape index (κ2) is 9.44. The smallest absolute Gasteiger partial charge is 0.416 e. The Bertz CT molecular complexity index is 873. The minimum Gasteiger partial charge on any atom is -0.444 e. The van der Waals surface area contributed by atoms with E-state index in [1.165, 1.54) is 23.9 Å². The molecule has 0 saturated carbocycles. The van der Waals surface area contributed by atoms with Gasteiger partial charge in [-0.25, -0.2) is 14.8 Å². The van der Waals surface area contributed by atoms with E-state index in [2.05, 4.69) is 9.97 Å². The third-order valence-electron chi connectivity index (χ3n) is 4.41. The summed E-state index contributed by atoms with van der Waals surface area (Å²) in [4.78, 5) is 22.5. The molecule has 1 aromatic heterocycles. The van der Waals surface area contributed by atoms with Crippen LogP contribution < -0.4 is 0 Å². The standard InChI is InChI=1S/C21H24F3N3O3S/c1-20(2,3)30-19(28)27-11-16(17(12-27)31-18-25-9-4-10-26-18)29-13-14-5-7-15(8-6-14)21(22,23)24/h4-10,16-17H,11-13H2,1-3H3/t16-,17-/m1/s1. The van der Waals surface area contributed by atoms with Crippen molar-refractivity contribution in [3.05, 3.63) is 53.9 Å². The van der Waals surface area contributed by atoms with Gasteiger partial charge >= 0.3 is 12.3 Å². The highest BCUT2D eigenvalue weighted by molar-refractivity contribution is 7.99. The second-order valence-electron chi connectivity index (χ2n) is 8.12. The fourth-order valence-corrected chi connectivity index (χ4v) is 4.05. The highest BCUT2D eigenvalue weighted by atomic mass is 32.2. The van der Waals surface area contributed by atoms with Gasteiger partial charge in [-0.15, -0.1) is 0 Å². The SMILES string of the molecule is CC(C)(C)OC(=O)N1C[C@@H](OCc2ccc(C(F)(F)F)cc2)[C@H](Sc2ncccn2)C1. The first-order valence-corrected chi connectivity index (χ1v) is 10.6. The van der Waals surface area contributed by atoms with E-state index in [1.807, 2.05) is 0 Å². The van der Waals surface area contributed by atoms with Gasteiger partial charge in [0.2, 0.25) is 0 Å². The van der Waals surface area contributed by atoms with E-state index in [0.717, 1.165) is 12.1 Å². The van der Waals surface area contributed by atoms with Gasteiger partial charge in [0.1, 0.15) is 5.60 Å². The average Bonchev–Trinajstić information content (AvgIpc) is 3.08. The third-order valence-corrected chi connectivity index (χ3v) is 5.59. The Balaban J connectivity index is 1.67. The number of alkyl halides is 3. The molecular formula is C21H24F3N3O3S. The number of nitrogens with zero attached hydrogens (tertiary/aromatic N) is 3. The van der Waals surface area contributed by atoms with Crippen LogP contribution in [-0.2, 0) is 22.3 Å². The molecule has 10 heteroatoms. The van der Waals surface area contributed by atoms with Crippen molar-refractivity contribution in [2.24, 2.45) is 0 Å². The van der Waals surface area contributed by atoms with Gasteiger partial charge in [0.15, 0.2) is 5.16 Å². The molecule has 31 heavy (non-hydrogen) atoms. The summed E-state index contributed by atoms with van der Waals surface area (Å²) in [5.74, 6) is 0. The maximum atomic E-state index is 12.8. The van der Waals surface area contributed by atoms with E-state index >= 15 is 0 Å². The van der Waals surface area contributed by atoms with E-state index in [9.17, 15) is 18.0 Å². The molecule has 0 bridgehead atoms. The van der Waals surface area contributed by atoms with Gasteiger partial charge in [-0.2, -0.15) is 13.2 Å². The first kappa shape index (κ1) is 23.3. The van der Waals surface area contributed by atoms with Gasteiger partial charge in [-0.1, -0.05) is 23.9 Å². The molecule has 0 N–H and O–H groups in total. The summed E-state index contributed by atoms with van der Waals surface area (Å²) in [5.41, 5.74) is -0.715. The molecule has 1 aliphatic rings. The van der Waals surface area contributed by atoms with Gasteiger partial charge in [0.25, 0.3) is 0 Å². The number of benzene rings is 1. The Morgan fingerprint density at radius 2 is 1.77 bits per heavy atom. The summed E-state index contributed by atoms with van der Waals surface area (Å²) in [6, 6.07) is 6.57. The van der Waals surface area contributed by atoms with Crippen molar-refractivity contribution in [1.29, 1.82) is 0 Å². The molecular weight excluding hydrogens is 431 g/mol. The molecule has 1 fully saturated rings. The van der Waals surface area contributed by atoms with E-state index in [-0.39, 0.29) is 18.0 Å². The molecule has 3 rings (SSSR count). The molecule has 1 aromatic carbocycles. The zero-order chi connectivity index (χ0) is 22.6. The number of ether oxygens (including phenoxy) is 2. The topological polar surface area (TPSA) is 64.5 Å². The predicted octanol–water partition coefficient (Wildman–Crippen LogP) is 4.79. The van der Waals surface area contributed by atoms with Gasteiger partial charge in [0, 0.05) is 18.9 Å². The number of rotatable bonds is 5. The Hall–Kier alpha value is -2.33. The van der Waals surface area contributed by atoms with Gasteiger partial charge < -0.3 is 14.4 Å². The summed E-state index contributed by atoms with van der Waals surface area (Å²) < 4.78 is 49.7. The minimum atomic E-state index is -4.38. The molecule has 1 aliphatic heterocycles. The van der Waals surface area contributed by atoms with Gasteiger partial charge in [-0.3, -0.25) is 0 Å². The monoisotopic (exact) mass is 455 g/mol. The molecule has 2 heterocycles. The Morgan fingerprint density at radius 3 is 2.35 bits per heavy atom. The molecule has 0 spiro atoms. The van der Waals surface area contributed by atoms with Gasteiger partial charge in [-0.05, 0) is 44.5 Å². The molecule has 6 nitrogen and oxygen atoms in total. The quantitative estimate of drug-likeness (QED) is 0.604. The largest absolute Gasteiger partial charge is 0.444 e. The lowest BCUT2D eigenvalue weighted by molar-refractivity contribution is -0.137. The molecule has 0 radical (unpaired) electrons. The number of hydrogen-bond donors (Lipinski definition) is 0. The summed E-state index contributed by atoms with van der Waals surface area (Å²) in [6.45, 7) is 6.20. The third kappa shape index (κ3) is 6.83. The van der Waals surface area contributed by atoms with E-state index in [0.29, 0.717) is 23.8 Å². The van der Waals surface area contributed by atoms with Crippen molar-refractivity contribution in [2.75, 3.05) is 13.1 Å². The van der Waals surface area contributed by atoms with Crippen LogP contribution in [0.4, 0.5) is 18.0 Å². The number of carbonyl (C=O) groups is 1. The maximum absolute atomic E-state index is 12.8. The van der Waals surface area contributed by atoms with Crippen molar-refractivity contribution in [1.82, 2.24) is 14.9 Å². The predicted molar refractivity (Wildman–Crippen MR) is 110 cm³/mol. The maximum Gasteiger partial charge on any atom is 0.416 e. The number of carbonyl (C=O) groups excluding carboxylic acids is 1. The summed E-state index contributed by atoms with van der Waals surface area (Å²) >= 11 is 1.39. The fraction of sp³-hybridized carbons (Fsp3) is 0.476. The van der Waals surface area contributed by atoms with Crippen LogP contribution in [0.3, 0.4) is 0 Å². The minimum absolute atomic E-state index is 0.123. The lowest BCUT2D eigenvalue weighted by Gasteiger charge is -2.24. The van der Waals surface area contributed by atoms with Gasteiger partial charge in [0.05, 0.1) is 30.1 Å². The van der Waals surface area contributed by atoms with Crippen LogP contribution in [0, 0.1) is 0 Å². The molecule has 1 saturated heterocycles. The average molecular weight is 456 g/mol. The normalized spacial score (nSPS) is 19.5. The summed E-state index contributed by atoms with van der Waals surface area (Å²) in [5, 5.41) is 0.408. The number of thioether (sulfide) groups is 1. The van der Waals surface area contributed by atoms with E-state index in [1.54, 1.807) is 44.1 Å². The molecule has 2 atom stereocenters. The van der Waals surface area contributed by atoms with Crippen LogP contribution in [0.2, 0.25) is 0 Å². The highest BCUT2D eigenvalue weighted by Gasteiger charge is 2.39. The number of halogens is 3. The van der Waals surface area contributed by atoms with Crippen molar-refractivity contribution < 1.29 is 27.4 Å². The van der Waals surface area contributed by atoms with Crippen LogP contribution in [0.15, 0.2) is 47.9 Å². The first-order chi connectivity index (χ1) is 14.5. The molecule has 2 aromatic rings. The molecule has 0 unspecified atom stereocenters. The summed E-state index contributed by atoms with van der Waals surface area (Å²) in [7, 11) is 0. The fourth-order valence-electron chi connectivity index (χ4n) is 2.97. The molecule has 168 valence electrons. The van der Waals surface area contributed by atoms with Crippen LogP contribution in [0.25, 0.3) is 0 Å². The van der Waals surface area contributed by atoms with Crippen molar-refractivity contribution >= 4 is 17.9 Å². The number of hydrogen-bond acceptors (Lipinski definition) is 6. The van der Waals surface area contributed by atoms with Crippen molar-refractivity contribution in [3.63, 3.8) is 0 Å². The van der Waals surface area contributed by atoms with E-state index in [4.69, 9.17) is 9.47 Å². The Labute approximate surface area is 183 Å². The number of aromatic nitrogens is 2. The number of likely N-dealkylation sites (tertiary alicyclic amines) is 1. The zero-order valence-corrected chi connectivity index (χ0v) is 18.2. The lowest BCUT2D eigenvalue weighted by Crippen LogP contribution is -2.36. The lowest BCUT2D eigenvalue weighted by atomic mass is 10.1. The van der Waals surface area contributed by atoms with Crippen LogP contribution in [0.1, 0.15) is 31.9 Å². The van der Waals surface area contributed by atoms with Crippen LogP contribution in [0.5, 0.6) is 0 Å². The van der Waals surface area contributed by atoms with Crippen molar-refractivity contribution in [2.45, 2.75) is 55.7 Å². The first-order valence-electron chi connectivity index (χ1n) is 9.70. The summed E-state index contributed by atoms with van der Waals surface area (Å²) in [6.07, 6.45) is -1.91. The molecule has 0 aliphatic carbocycles. The Morgan fingerprint density at radius 1 is 1.13 bits per heavy atom. The second-order valence-corrected chi connectivity index (χ2v) is 9.32. The molecule has 1 amide bonds. The van der Waals surface area contributed by atoms with Crippen LogP contribution in [-0.4, -0.2) is 51.0 Å².